The van der Waals surface area contributed by atoms with Gasteiger partial charge in [0.25, 0.3) is 0 Å². The van der Waals surface area contributed by atoms with Crippen molar-refractivity contribution in [3.8, 4) is 0 Å². The monoisotopic (exact) mass is 242 g/mol. The molecule has 1 atom stereocenters. The summed E-state index contributed by atoms with van der Waals surface area (Å²) in [5, 5.41) is 2.50. The van der Waals surface area contributed by atoms with Gasteiger partial charge < -0.3 is 15.0 Å². The van der Waals surface area contributed by atoms with Gasteiger partial charge >= 0.3 is 5.97 Å². The maximum atomic E-state index is 11.6. The van der Waals surface area contributed by atoms with Crippen LogP contribution in [0.1, 0.15) is 26.7 Å². The van der Waals surface area contributed by atoms with Crippen molar-refractivity contribution < 1.29 is 19.1 Å². The first-order valence-corrected chi connectivity index (χ1v) is 5.78. The zero-order valence-electron chi connectivity index (χ0n) is 10.2. The third-order valence-corrected chi connectivity index (χ3v) is 2.52. The van der Waals surface area contributed by atoms with Crippen LogP contribution in [-0.4, -0.2) is 48.4 Å². The molecule has 0 bridgehead atoms. The molecule has 96 valence electrons. The first kappa shape index (κ1) is 13.5. The Hall–Kier alpha value is -1.59. The Bertz CT molecular complexity index is 317. The largest absolute Gasteiger partial charge is 0.464 e. The van der Waals surface area contributed by atoms with Gasteiger partial charge in [-0.3, -0.25) is 9.59 Å². The lowest BCUT2D eigenvalue weighted by Crippen LogP contribution is -2.45. The Morgan fingerprint density at radius 3 is 2.76 bits per heavy atom. The third kappa shape index (κ3) is 4.05. The van der Waals surface area contributed by atoms with Crippen molar-refractivity contribution >= 4 is 17.8 Å². The fourth-order valence-electron chi connectivity index (χ4n) is 1.66. The van der Waals surface area contributed by atoms with E-state index in [-0.39, 0.29) is 25.0 Å². The van der Waals surface area contributed by atoms with Crippen molar-refractivity contribution in [1.29, 1.82) is 0 Å². The van der Waals surface area contributed by atoms with E-state index in [1.807, 2.05) is 0 Å². The van der Waals surface area contributed by atoms with Crippen LogP contribution >= 0.6 is 0 Å². The molecule has 1 aliphatic heterocycles. The molecule has 0 aromatic heterocycles. The third-order valence-electron chi connectivity index (χ3n) is 2.52. The van der Waals surface area contributed by atoms with Crippen LogP contribution < -0.4 is 5.32 Å². The number of amides is 2. The van der Waals surface area contributed by atoms with Gasteiger partial charge in [0.15, 0.2) is 0 Å². The first-order chi connectivity index (χ1) is 8.04. The van der Waals surface area contributed by atoms with Gasteiger partial charge in [-0.25, -0.2) is 4.79 Å². The van der Waals surface area contributed by atoms with Crippen LogP contribution in [0, 0.1) is 0 Å². The van der Waals surface area contributed by atoms with Gasteiger partial charge in [-0.05, 0) is 20.3 Å². The van der Waals surface area contributed by atoms with Crippen LogP contribution in [0.5, 0.6) is 0 Å². The summed E-state index contributed by atoms with van der Waals surface area (Å²) in [6.07, 6.45) is 1.29. The van der Waals surface area contributed by atoms with E-state index in [0.29, 0.717) is 13.0 Å². The van der Waals surface area contributed by atoms with Gasteiger partial charge in [-0.1, -0.05) is 0 Å². The summed E-state index contributed by atoms with van der Waals surface area (Å²) in [5.74, 6) is -0.807. The van der Waals surface area contributed by atoms with E-state index in [1.54, 1.807) is 13.8 Å². The highest BCUT2D eigenvalue weighted by Crippen LogP contribution is 2.08. The van der Waals surface area contributed by atoms with Crippen molar-refractivity contribution in [3.05, 3.63) is 0 Å². The van der Waals surface area contributed by atoms with E-state index < -0.39 is 12.0 Å². The summed E-state index contributed by atoms with van der Waals surface area (Å²) < 4.78 is 4.76. The van der Waals surface area contributed by atoms with Gasteiger partial charge in [0.1, 0.15) is 6.04 Å². The van der Waals surface area contributed by atoms with Gasteiger partial charge in [0.05, 0.1) is 13.2 Å². The highest BCUT2D eigenvalue weighted by atomic mass is 16.5. The molecule has 0 radical (unpaired) electrons. The molecule has 0 aliphatic carbocycles. The van der Waals surface area contributed by atoms with Crippen LogP contribution in [0.15, 0.2) is 0 Å². The average Bonchev–Trinajstić information content (AvgIpc) is 2.64. The summed E-state index contributed by atoms with van der Waals surface area (Å²) in [6, 6.07) is -0.680. The normalized spacial score (nSPS) is 16.8. The zero-order chi connectivity index (χ0) is 12.8. The zero-order valence-corrected chi connectivity index (χ0v) is 10.2. The topological polar surface area (TPSA) is 75.7 Å². The predicted octanol–water partition coefficient (Wildman–Crippen LogP) is -0.323. The van der Waals surface area contributed by atoms with E-state index in [4.69, 9.17) is 4.74 Å². The molecular formula is C11H18N2O4. The fraction of sp³-hybridized carbons (Fsp3) is 0.727. The second-order valence-corrected chi connectivity index (χ2v) is 3.96. The maximum absolute atomic E-state index is 11.6. The quantitative estimate of drug-likeness (QED) is 0.670. The second kappa shape index (κ2) is 6.22. The molecule has 0 aromatic rings. The van der Waals surface area contributed by atoms with E-state index in [9.17, 15) is 14.4 Å². The Morgan fingerprint density at radius 2 is 2.24 bits per heavy atom. The Morgan fingerprint density at radius 1 is 1.53 bits per heavy atom. The molecule has 1 rings (SSSR count). The van der Waals surface area contributed by atoms with Crippen LogP contribution in [0.4, 0.5) is 0 Å². The molecule has 6 heteroatoms. The van der Waals surface area contributed by atoms with Crippen LogP contribution in [-0.2, 0) is 19.1 Å². The molecule has 1 fully saturated rings. The van der Waals surface area contributed by atoms with Crippen molar-refractivity contribution in [1.82, 2.24) is 10.2 Å². The molecule has 0 aromatic carbocycles. The summed E-state index contributed by atoms with van der Waals surface area (Å²) in [7, 11) is 0. The smallest absolute Gasteiger partial charge is 0.328 e. The molecule has 17 heavy (non-hydrogen) atoms. The molecule has 1 unspecified atom stereocenters. The standard InChI is InChI=1S/C11H18N2O4/c1-3-17-11(16)8(2)12-9(14)7-13-6-4-5-10(13)15/h8H,3-7H2,1-2H3,(H,12,14). The Labute approximate surface area is 100 Å². The molecule has 0 spiro atoms. The molecule has 0 saturated carbocycles. The van der Waals surface area contributed by atoms with Gasteiger partial charge in [0, 0.05) is 13.0 Å². The molecule has 1 saturated heterocycles. The number of hydrogen-bond acceptors (Lipinski definition) is 4. The Balaban J connectivity index is 2.33. The molecule has 1 heterocycles. The van der Waals surface area contributed by atoms with Gasteiger partial charge in [-0.15, -0.1) is 0 Å². The Kier molecular flexibility index (Phi) is 4.93. The maximum Gasteiger partial charge on any atom is 0.328 e. The van der Waals surface area contributed by atoms with Gasteiger partial charge in [0.2, 0.25) is 11.8 Å². The molecule has 2 amide bonds. The number of nitrogens with one attached hydrogen (secondary N) is 1. The molecule has 1 aliphatic rings. The number of likely N-dealkylation sites (tertiary alicyclic amines) is 1. The summed E-state index contributed by atoms with van der Waals surface area (Å²) in [6.45, 7) is 4.17. The summed E-state index contributed by atoms with van der Waals surface area (Å²) in [4.78, 5) is 35.6. The highest BCUT2D eigenvalue weighted by molar-refractivity contribution is 5.88. The van der Waals surface area contributed by atoms with Crippen molar-refractivity contribution in [2.24, 2.45) is 0 Å². The van der Waals surface area contributed by atoms with E-state index in [0.717, 1.165) is 6.42 Å². The minimum absolute atomic E-state index is 0.0102. The summed E-state index contributed by atoms with van der Waals surface area (Å²) >= 11 is 0. The van der Waals surface area contributed by atoms with E-state index in [2.05, 4.69) is 5.32 Å². The van der Waals surface area contributed by atoms with Crippen molar-refractivity contribution in [3.63, 3.8) is 0 Å². The summed E-state index contributed by atoms with van der Waals surface area (Å²) in [5.41, 5.74) is 0. The number of hydrogen-bond donors (Lipinski definition) is 1. The lowest BCUT2D eigenvalue weighted by Gasteiger charge is -2.17. The van der Waals surface area contributed by atoms with E-state index >= 15 is 0 Å². The minimum atomic E-state index is -0.680. The van der Waals surface area contributed by atoms with Crippen LogP contribution in [0.25, 0.3) is 0 Å². The molecular weight excluding hydrogens is 224 g/mol. The SMILES string of the molecule is CCOC(=O)C(C)NC(=O)CN1CCCC1=O. The van der Waals surface area contributed by atoms with Crippen molar-refractivity contribution in [2.45, 2.75) is 32.7 Å². The van der Waals surface area contributed by atoms with Crippen LogP contribution in [0.2, 0.25) is 0 Å². The second-order valence-electron chi connectivity index (χ2n) is 3.96. The minimum Gasteiger partial charge on any atom is -0.464 e. The fourth-order valence-corrected chi connectivity index (χ4v) is 1.66. The van der Waals surface area contributed by atoms with Crippen LogP contribution in [0.3, 0.4) is 0 Å². The first-order valence-electron chi connectivity index (χ1n) is 5.78. The van der Waals surface area contributed by atoms with Crippen molar-refractivity contribution in [2.75, 3.05) is 19.7 Å². The van der Waals surface area contributed by atoms with Gasteiger partial charge in [-0.2, -0.15) is 0 Å². The van der Waals surface area contributed by atoms with E-state index in [1.165, 1.54) is 4.90 Å². The number of rotatable bonds is 5. The lowest BCUT2D eigenvalue weighted by molar-refractivity contribution is -0.147. The predicted molar refractivity (Wildman–Crippen MR) is 60.1 cm³/mol. The number of carbonyl (C=O) groups excluding carboxylic acids is 3. The molecule has 1 N–H and O–H groups in total. The average molecular weight is 242 g/mol. The number of ether oxygens (including phenoxy) is 1. The number of esters is 1. The number of carbonyl (C=O) groups is 3. The number of nitrogens with zero attached hydrogens (tertiary/aromatic N) is 1. The molecule has 6 nitrogen and oxygen atoms in total. The highest BCUT2D eigenvalue weighted by Gasteiger charge is 2.24. The lowest BCUT2D eigenvalue weighted by atomic mass is 10.3.